The van der Waals surface area contributed by atoms with E-state index in [9.17, 15) is 9.59 Å². The molecule has 0 aromatic heterocycles. The molecule has 114 valence electrons. The topological polar surface area (TPSA) is 64.6 Å². The normalized spacial score (nSPS) is 24.6. The van der Waals surface area contributed by atoms with E-state index in [1.165, 1.54) is 0 Å². The quantitative estimate of drug-likeness (QED) is 0.839. The first-order chi connectivity index (χ1) is 10.2. The Morgan fingerprint density at radius 3 is 2.33 bits per heavy atom. The van der Waals surface area contributed by atoms with Gasteiger partial charge in [0.2, 0.25) is 0 Å². The number of nitrogens with one attached hydrogen (secondary N) is 1. The predicted molar refractivity (Wildman–Crippen MR) is 77.5 cm³/mol. The van der Waals surface area contributed by atoms with E-state index in [0.717, 1.165) is 5.56 Å². The van der Waals surface area contributed by atoms with E-state index in [2.05, 4.69) is 5.32 Å². The minimum atomic E-state index is -0.468. The molecule has 1 saturated heterocycles. The largest absolute Gasteiger partial charge is 0.466 e. The highest BCUT2D eigenvalue weighted by molar-refractivity contribution is 5.80. The van der Waals surface area contributed by atoms with Crippen molar-refractivity contribution in [2.75, 3.05) is 13.2 Å². The average molecular weight is 291 g/mol. The van der Waals surface area contributed by atoms with Gasteiger partial charge < -0.3 is 9.47 Å². The number of carbonyl (C=O) groups is 2. The molecule has 0 radical (unpaired) electrons. The summed E-state index contributed by atoms with van der Waals surface area (Å²) >= 11 is 0. The van der Waals surface area contributed by atoms with Crippen LogP contribution in [0.5, 0.6) is 0 Å². The lowest BCUT2D eigenvalue weighted by Crippen LogP contribution is -2.33. The maximum Gasteiger partial charge on any atom is 0.323 e. The van der Waals surface area contributed by atoms with Crippen LogP contribution in [0, 0.1) is 5.92 Å². The standard InChI is InChI=1S/C16H21NO4/c1-3-20-15(18)12-10-13(16(19)21-4-2)17-14(12)11-8-6-5-7-9-11/h5-9,12-14,17H,3-4,10H2,1-2H3/t12-,13+,14+/m0/s1. The molecule has 0 bridgehead atoms. The Labute approximate surface area is 124 Å². The van der Waals surface area contributed by atoms with Crippen LogP contribution in [0.1, 0.15) is 31.9 Å². The van der Waals surface area contributed by atoms with Crippen LogP contribution in [-0.4, -0.2) is 31.2 Å². The molecule has 1 aromatic carbocycles. The molecule has 1 aromatic rings. The molecule has 1 fully saturated rings. The lowest BCUT2D eigenvalue weighted by molar-refractivity contribution is -0.148. The highest BCUT2D eigenvalue weighted by atomic mass is 16.5. The van der Waals surface area contributed by atoms with Gasteiger partial charge in [-0.3, -0.25) is 14.9 Å². The first-order valence-corrected chi connectivity index (χ1v) is 7.31. The van der Waals surface area contributed by atoms with Crippen LogP contribution < -0.4 is 5.32 Å². The summed E-state index contributed by atoms with van der Waals surface area (Å²) in [6, 6.07) is 8.94. The molecule has 3 atom stereocenters. The summed E-state index contributed by atoms with van der Waals surface area (Å²) in [7, 11) is 0. The molecule has 2 rings (SSSR count). The molecule has 0 amide bonds. The molecular weight excluding hydrogens is 270 g/mol. The predicted octanol–water partition coefficient (Wildman–Crippen LogP) is 1.83. The molecule has 0 aliphatic carbocycles. The summed E-state index contributed by atoms with van der Waals surface area (Å²) < 4.78 is 10.2. The summed E-state index contributed by atoms with van der Waals surface area (Å²) in [5.74, 6) is -0.961. The van der Waals surface area contributed by atoms with Gasteiger partial charge in [0.05, 0.1) is 19.1 Å². The van der Waals surface area contributed by atoms with Crippen LogP contribution >= 0.6 is 0 Å². The fraction of sp³-hybridized carbons (Fsp3) is 0.500. The van der Waals surface area contributed by atoms with Crippen molar-refractivity contribution in [3.05, 3.63) is 35.9 Å². The third kappa shape index (κ3) is 3.61. The van der Waals surface area contributed by atoms with E-state index in [-0.39, 0.29) is 23.9 Å². The molecular formula is C16H21NO4. The lowest BCUT2D eigenvalue weighted by atomic mass is 9.93. The fourth-order valence-electron chi connectivity index (χ4n) is 2.67. The number of ether oxygens (including phenoxy) is 2. The van der Waals surface area contributed by atoms with E-state index < -0.39 is 6.04 Å². The molecule has 0 saturated carbocycles. The Hall–Kier alpha value is -1.88. The van der Waals surface area contributed by atoms with Gasteiger partial charge in [0.25, 0.3) is 0 Å². The minimum Gasteiger partial charge on any atom is -0.466 e. The summed E-state index contributed by atoms with van der Waals surface area (Å²) in [6.45, 7) is 4.21. The highest BCUT2D eigenvalue weighted by Crippen LogP contribution is 2.34. The number of rotatable bonds is 5. The van der Waals surface area contributed by atoms with Gasteiger partial charge in [-0.15, -0.1) is 0 Å². The Morgan fingerprint density at radius 2 is 1.71 bits per heavy atom. The second kappa shape index (κ2) is 7.22. The van der Waals surface area contributed by atoms with Gasteiger partial charge in [-0.2, -0.15) is 0 Å². The number of esters is 2. The Morgan fingerprint density at radius 1 is 1.10 bits per heavy atom. The summed E-state index contributed by atoms with van der Waals surface area (Å²) in [4.78, 5) is 24.1. The molecule has 21 heavy (non-hydrogen) atoms. The van der Waals surface area contributed by atoms with Gasteiger partial charge in [-0.25, -0.2) is 0 Å². The Kier molecular flexibility index (Phi) is 5.33. The van der Waals surface area contributed by atoms with Crippen LogP contribution in [0.4, 0.5) is 0 Å². The number of benzene rings is 1. The van der Waals surface area contributed by atoms with E-state index in [0.29, 0.717) is 19.6 Å². The van der Waals surface area contributed by atoms with Crippen molar-refractivity contribution in [3.8, 4) is 0 Å². The van der Waals surface area contributed by atoms with Crippen molar-refractivity contribution >= 4 is 11.9 Å². The number of carbonyl (C=O) groups excluding carboxylic acids is 2. The van der Waals surface area contributed by atoms with Crippen LogP contribution in [0.15, 0.2) is 30.3 Å². The zero-order valence-corrected chi connectivity index (χ0v) is 12.4. The zero-order valence-electron chi connectivity index (χ0n) is 12.4. The van der Waals surface area contributed by atoms with Crippen molar-refractivity contribution in [3.63, 3.8) is 0 Å². The van der Waals surface area contributed by atoms with Crippen LogP contribution in [-0.2, 0) is 19.1 Å². The van der Waals surface area contributed by atoms with E-state index >= 15 is 0 Å². The third-order valence-electron chi connectivity index (χ3n) is 3.59. The minimum absolute atomic E-state index is 0.223. The first kappa shape index (κ1) is 15.5. The highest BCUT2D eigenvalue weighted by Gasteiger charge is 2.43. The molecule has 0 unspecified atom stereocenters. The van der Waals surface area contributed by atoms with Crippen LogP contribution in [0.2, 0.25) is 0 Å². The average Bonchev–Trinajstić information content (AvgIpc) is 2.94. The molecule has 0 spiro atoms. The molecule has 5 heteroatoms. The van der Waals surface area contributed by atoms with Gasteiger partial charge >= 0.3 is 11.9 Å². The van der Waals surface area contributed by atoms with Gasteiger partial charge in [-0.05, 0) is 25.8 Å². The molecule has 1 aliphatic rings. The van der Waals surface area contributed by atoms with Gasteiger partial charge in [0.1, 0.15) is 6.04 Å². The van der Waals surface area contributed by atoms with E-state index in [1.54, 1.807) is 13.8 Å². The van der Waals surface area contributed by atoms with Crippen molar-refractivity contribution in [1.29, 1.82) is 0 Å². The van der Waals surface area contributed by atoms with Crippen molar-refractivity contribution in [2.24, 2.45) is 5.92 Å². The van der Waals surface area contributed by atoms with Crippen LogP contribution in [0.25, 0.3) is 0 Å². The number of hydrogen-bond donors (Lipinski definition) is 1. The molecule has 5 nitrogen and oxygen atoms in total. The Bertz CT molecular complexity index is 488. The SMILES string of the molecule is CCOC(=O)[C@H]1C[C@H](C(=O)OCC)N[C@@H]1c1ccccc1. The second-order valence-corrected chi connectivity index (χ2v) is 4.95. The van der Waals surface area contributed by atoms with Gasteiger partial charge in [0, 0.05) is 6.04 Å². The lowest BCUT2D eigenvalue weighted by Gasteiger charge is -2.18. The second-order valence-electron chi connectivity index (χ2n) is 4.95. The van der Waals surface area contributed by atoms with E-state index in [1.807, 2.05) is 30.3 Å². The molecule has 1 heterocycles. The van der Waals surface area contributed by atoms with E-state index in [4.69, 9.17) is 9.47 Å². The third-order valence-corrected chi connectivity index (χ3v) is 3.59. The Balaban J connectivity index is 2.18. The smallest absolute Gasteiger partial charge is 0.323 e. The number of hydrogen-bond acceptors (Lipinski definition) is 5. The van der Waals surface area contributed by atoms with Crippen molar-refractivity contribution in [1.82, 2.24) is 5.32 Å². The summed E-state index contributed by atoms with van der Waals surface area (Å²) in [6.07, 6.45) is 0.400. The van der Waals surface area contributed by atoms with Crippen molar-refractivity contribution < 1.29 is 19.1 Å². The zero-order chi connectivity index (χ0) is 15.2. The maximum atomic E-state index is 12.1. The summed E-state index contributed by atoms with van der Waals surface area (Å²) in [5.41, 5.74) is 0.974. The fourth-order valence-corrected chi connectivity index (χ4v) is 2.67. The first-order valence-electron chi connectivity index (χ1n) is 7.31. The van der Waals surface area contributed by atoms with Gasteiger partial charge in [0.15, 0.2) is 0 Å². The van der Waals surface area contributed by atoms with Crippen molar-refractivity contribution in [2.45, 2.75) is 32.4 Å². The summed E-state index contributed by atoms with van der Waals surface area (Å²) in [5, 5.41) is 3.21. The monoisotopic (exact) mass is 291 g/mol. The van der Waals surface area contributed by atoms with Gasteiger partial charge in [-0.1, -0.05) is 30.3 Å². The molecule has 1 N–H and O–H groups in total. The maximum absolute atomic E-state index is 12.1. The van der Waals surface area contributed by atoms with Crippen LogP contribution in [0.3, 0.4) is 0 Å². The molecule has 1 aliphatic heterocycles.